The van der Waals surface area contributed by atoms with Crippen molar-refractivity contribution < 1.29 is 23.7 Å². The highest BCUT2D eigenvalue weighted by atomic mass is 16.6. The molecule has 1 amide bonds. The fraction of sp³-hybridized carbons (Fsp3) is 0.485. The van der Waals surface area contributed by atoms with Gasteiger partial charge in [-0.1, -0.05) is 80.1 Å². The molecule has 0 spiro atoms. The molecule has 0 fully saturated rings. The van der Waals surface area contributed by atoms with Crippen LogP contribution in [0.25, 0.3) is 0 Å². The van der Waals surface area contributed by atoms with E-state index in [1.807, 2.05) is 63.3 Å². The molecule has 6 nitrogen and oxygen atoms in total. The monoisotopic (exact) mass is 537 g/mol. The zero-order valence-corrected chi connectivity index (χ0v) is 24.9. The third-order valence-electron chi connectivity index (χ3n) is 6.37. The normalized spacial score (nSPS) is 15.4. The zero-order chi connectivity index (χ0) is 28.8. The Morgan fingerprint density at radius 3 is 2.23 bits per heavy atom. The van der Waals surface area contributed by atoms with Gasteiger partial charge in [-0.3, -0.25) is 0 Å². The quantitative estimate of drug-likeness (QED) is 0.260. The van der Waals surface area contributed by atoms with E-state index in [9.17, 15) is 4.79 Å². The highest BCUT2D eigenvalue weighted by Crippen LogP contribution is 2.18. The number of hydrogen-bond donors (Lipinski definition) is 1. The Bertz CT molecular complexity index is 1040. The van der Waals surface area contributed by atoms with E-state index < -0.39 is 11.7 Å². The van der Waals surface area contributed by atoms with E-state index in [0.717, 1.165) is 23.3 Å². The molecule has 2 rings (SSSR count). The number of alkyl carbamates (subject to hydrolysis) is 1. The molecule has 0 unspecified atom stereocenters. The first kappa shape index (κ1) is 32.1. The van der Waals surface area contributed by atoms with Gasteiger partial charge in [0.05, 0.1) is 32.5 Å². The Morgan fingerprint density at radius 1 is 0.974 bits per heavy atom. The highest BCUT2D eigenvalue weighted by molar-refractivity contribution is 5.68. The molecule has 0 radical (unpaired) electrons. The van der Waals surface area contributed by atoms with Gasteiger partial charge >= 0.3 is 6.09 Å². The Kier molecular flexibility index (Phi) is 13.3. The maximum Gasteiger partial charge on any atom is 0.408 e. The van der Waals surface area contributed by atoms with Crippen molar-refractivity contribution in [2.75, 3.05) is 20.8 Å². The van der Waals surface area contributed by atoms with E-state index >= 15 is 0 Å². The van der Waals surface area contributed by atoms with Gasteiger partial charge in [-0.25, -0.2) is 4.79 Å². The number of allylic oxidation sites excluding steroid dienone is 2. The summed E-state index contributed by atoms with van der Waals surface area (Å²) in [5.41, 5.74) is 2.83. The van der Waals surface area contributed by atoms with Gasteiger partial charge < -0.3 is 24.3 Å². The SMILES string of the molecule is COc1ccc(COC[C@@H](C)[C@H](/C=C/C(C)=C/[C@H](C)[C@H](Cc2ccccc2)OC)NC(=O)OC(C)(C)C)cc1. The molecular weight excluding hydrogens is 490 g/mol. The number of nitrogens with one attached hydrogen (secondary N) is 1. The van der Waals surface area contributed by atoms with Gasteiger partial charge in [0.25, 0.3) is 0 Å². The second-order valence-corrected chi connectivity index (χ2v) is 11.1. The minimum Gasteiger partial charge on any atom is -0.497 e. The van der Waals surface area contributed by atoms with Crippen LogP contribution in [0.2, 0.25) is 0 Å². The Labute approximate surface area is 235 Å². The van der Waals surface area contributed by atoms with Gasteiger partial charge in [0.15, 0.2) is 0 Å². The van der Waals surface area contributed by atoms with Crippen molar-refractivity contribution in [3.05, 3.63) is 89.5 Å². The number of benzene rings is 2. The third-order valence-corrected chi connectivity index (χ3v) is 6.37. The Hall–Kier alpha value is -3.09. The minimum atomic E-state index is -0.578. The standard InChI is InChI=1S/C33H47NO5/c1-24(20-25(2)31(37-8)21-27-12-10-9-11-13-27)14-19-30(34-32(35)39-33(4,5)6)26(3)22-38-23-28-15-17-29(36-7)18-16-28/h9-20,25-26,30-31H,21-23H2,1-8H3,(H,34,35)/b19-14+,24-20+/t25-,26+,30-,31-/m0/s1. The zero-order valence-electron chi connectivity index (χ0n) is 24.9. The van der Waals surface area contributed by atoms with Crippen molar-refractivity contribution in [2.45, 2.75) is 72.3 Å². The van der Waals surface area contributed by atoms with Crippen LogP contribution in [0, 0.1) is 11.8 Å². The molecule has 0 aliphatic carbocycles. The predicted octanol–water partition coefficient (Wildman–Crippen LogP) is 7.14. The molecule has 0 aliphatic rings. The van der Waals surface area contributed by atoms with E-state index in [4.69, 9.17) is 18.9 Å². The van der Waals surface area contributed by atoms with Crippen LogP contribution in [0.15, 0.2) is 78.4 Å². The number of rotatable bonds is 14. The van der Waals surface area contributed by atoms with Crippen molar-refractivity contribution in [2.24, 2.45) is 11.8 Å². The predicted molar refractivity (Wildman–Crippen MR) is 158 cm³/mol. The molecule has 39 heavy (non-hydrogen) atoms. The first-order valence-electron chi connectivity index (χ1n) is 13.6. The summed E-state index contributed by atoms with van der Waals surface area (Å²) in [4.78, 5) is 12.6. The Balaban J connectivity index is 2.06. The molecule has 2 aromatic rings. The van der Waals surface area contributed by atoms with Crippen LogP contribution in [-0.4, -0.2) is 44.7 Å². The lowest BCUT2D eigenvalue weighted by Crippen LogP contribution is -2.42. The van der Waals surface area contributed by atoms with E-state index in [2.05, 4.69) is 56.4 Å². The van der Waals surface area contributed by atoms with Gasteiger partial charge in [-0.2, -0.15) is 0 Å². The first-order valence-corrected chi connectivity index (χ1v) is 13.6. The summed E-state index contributed by atoms with van der Waals surface area (Å²) in [6.07, 6.45) is 6.74. The maximum absolute atomic E-state index is 12.6. The van der Waals surface area contributed by atoms with Crippen LogP contribution in [0.5, 0.6) is 5.75 Å². The van der Waals surface area contributed by atoms with Gasteiger partial charge in [-0.15, -0.1) is 0 Å². The summed E-state index contributed by atoms with van der Waals surface area (Å²) in [6, 6.07) is 17.9. The van der Waals surface area contributed by atoms with E-state index in [1.165, 1.54) is 5.56 Å². The lowest BCUT2D eigenvalue weighted by Gasteiger charge is -2.26. The fourth-order valence-electron chi connectivity index (χ4n) is 4.18. The molecule has 0 aromatic heterocycles. The van der Waals surface area contributed by atoms with E-state index in [1.54, 1.807) is 14.2 Å². The molecule has 6 heteroatoms. The summed E-state index contributed by atoms with van der Waals surface area (Å²) in [5.74, 6) is 1.04. The average molecular weight is 538 g/mol. The Morgan fingerprint density at radius 2 is 1.64 bits per heavy atom. The molecule has 0 saturated carbocycles. The van der Waals surface area contributed by atoms with Crippen molar-refractivity contribution in [3.8, 4) is 5.75 Å². The number of amides is 1. The van der Waals surface area contributed by atoms with Crippen LogP contribution >= 0.6 is 0 Å². The first-order chi connectivity index (χ1) is 18.5. The number of carbonyl (C=O) groups is 1. The molecule has 0 aliphatic heterocycles. The van der Waals surface area contributed by atoms with E-state index in [0.29, 0.717) is 13.2 Å². The second kappa shape index (κ2) is 16.1. The van der Waals surface area contributed by atoms with Crippen molar-refractivity contribution >= 4 is 6.09 Å². The molecule has 0 heterocycles. The lowest BCUT2D eigenvalue weighted by molar-refractivity contribution is 0.0457. The van der Waals surface area contributed by atoms with Crippen LogP contribution in [0.1, 0.15) is 52.7 Å². The average Bonchev–Trinajstić information content (AvgIpc) is 2.89. The summed E-state index contributed by atoms with van der Waals surface area (Å²) in [7, 11) is 3.41. The molecule has 0 bridgehead atoms. The summed E-state index contributed by atoms with van der Waals surface area (Å²) >= 11 is 0. The fourth-order valence-corrected chi connectivity index (χ4v) is 4.18. The molecule has 214 valence electrons. The second-order valence-electron chi connectivity index (χ2n) is 11.1. The number of methoxy groups -OCH3 is 2. The minimum absolute atomic E-state index is 0.0158. The maximum atomic E-state index is 12.6. The summed E-state index contributed by atoms with van der Waals surface area (Å²) < 4.78 is 22.5. The number of carbonyl (C=O) groups excluding carboxylic acids is 1. The molecule has 4 atom stereocenters. The third kappa shape index (κ3) is 12.5. The topological polar surface area (TPSA) is 66.0 Å². The highest BCUT2D eigenvalue weighted by Gasteiger charge is 2.22. The van der Waals surface area contributed by atoms with Crippen molar-refractivity contribution in [3.63, 3.8) is 0 Å². The molecule has 2 aromatic carbocycles. The largest absolute Gasteiger partial charge is 0.497 e. The van der Waals surface area contributed by atoms with Crippen LogP contribution in [0.3, 0.4) is 0 Å². The van der Waals surface area contributed by atoms with Crippen LogP contribution in [0.4, 0.5) is 4.79 Å². The van der Waals surface area contributed by atoms with Gasteiger partial charge in [0, 0.05) is 18.9 Å². The molecular formula is C33H47NO5. The molecule has 1 N–H and O–H groups in total. The van der Waals surface area contributed by atoms with Crippen molar-refractivity contribution in [1.82, 2.24) is 5.32 Å². The van der Waals surface area contributed by atoms with Gasteiger partial charge in [0.1, 0.15) is 11.4 Å². The lowest BCUT2D eigenvalue weighted by atomic mass is 9.95. The number of ether oxygens (including phenoxy) is 4. The molecule has 0 saturated heterocycles. The van der Waals surface area contributed by atoms with Crippen LogP contribution < -0.4 is 10.1 Å². The number of hydrogen-bond acceptors (Lipinski definition) is 5. The van der Waals surface area contributed by atoms with Crippen molar-refractivity contribution in [1.29, 1.82) is 0 Å². The van der Waals surface area contributed by atoms with Crippen LogP contribution in [-0.2, 0) is 27.2 Å². The van der Waals surface area contributed by atoms with Gasteiger partial charge in [0.2, 0.25) is 0 Å². The summed E-state index contributed by atoms with van der Waals surface area (Å²) in [5, 5.41) is 3.02. The smallest absolute Gasteiger partial charge is 0.408 e. The summed E-state index contributed by atoms with van der Waals surface area (Å²) in [6.45, 7) is 12.8. The van der Waals surface area contributed by atoms with Gasteiger partial charge in [-0.05, 0) is 57.4 Å². The van der Waals surface area contributed by atoms with E-state index in [-0.39, 0.29) is 24.0 Å².